The van der Waals surface area contributed by atoms with Crippen LogP contribution in [0.5, 0.6) is 11.5 Å². The minimum Gasteiger partial charge on any atom is -0.493 e. The minimum atomic E-state index is -0.445. The summed E-state index contributed by atoms with van der Waals surface area (Å²) >= 11 is 0. The molecule has 0 saturated heterocycles. The lowest BCUT2D eigenvalue weighted by Crippen LogP contribution is -2.15. The quantitative estimate of drug-likeness (QED) is 0.583. The van der Waals surface area contributed by atoms with Crippen LogP contribution in [-0.4, -0.2) is 18.6 Å². The highest BCUT2D eigenvalue weighted by Gasteiger charge is 2.22. The van der Waals surface area contributed by atoms with Crippen LogP contribution < -0.4 is 14.8 Å². The van der Waals surface area contributed by atoms with Gasteiger partial charge in [0, 0.05) is 23.2 Å². The van der Waals surface area contributed by atoms with E-state index in [1.165, 1.54) is 0 Å². The molecule has 0 aromatic heterocycles. The van der Waals surface area contributed by atoms with Gasteiger partial charge in [-0.15, -0.1) is 0 Å². The van der Waals surface area contributed by atoms with Crippen molar-refractivity contribution in [3.05, 3.63) is 57.7 Å². The third-order valence-electron chi connectivity index (χ3n) is 4.91. The van der Waals surface area contributed by atoms with Gasteiger partial charge < -0.3 is 14.8 Å². The molecule has 29 heavy (non-hydrogen) atoms. The van der Waals surface area contributed by atoms with E-state index in [1.54, 1.807) is 6.08 Å². The molecule has 1 atom stereocenters. The molecule has 0 aliphatic carbocycles. The number of hydrogen-bond donors (Lipinski definition) is 1. The predicted octanol–water partition coefficient (Wildman–Crippen LogP) is 4.88. The van der Waals surface area contributed by atoms with Crippen molar-refractivity contribution in [2.75, 3.05) is 11.9 Å². The minimum absolute atomic E-state index is 0.0105. The normalized spacial score (nSPS) is 15.3. The second-order valence-corrected chi connectivity index (χ2v) is 7.46. The molecule has 150 valence electrons. The van der Waals surface area contributed by atoms with Crippen LogP contribution in [0.2, 0.25) is 0 Å². The third kappa shape index (κ3) is 4.43. The summed E-state index contributed by atoms with van der Waals surface area (Å²) in [6.07, 6.45) is 2.48. The van der Waals surface area contributed by atoms with Gasteiger partial charge in [0.15, 0.2) is 0 Å². The van der Waals surface area contributed by atoms with Crippen LogP contribution in [0, 0.1) is 32.1 Å². The number of fused-ring (bicyclic) bond motifs is 1. The van der Waals surface area contributed by atoms with Crippen LogP contribution in [0.4, 0.5) is 5.69 Å². The average Bonchev–Trinajstić information content (AvgIpc) is 3.01. The maximum absolute atomic E-state index is 12.8. The molecule has 1 aliphatic heterocycles. The molecule has 0 unspecified atom stereocenters. The fraction of sp³-hybridized carbons (Fsp3) is 0.333. The highest BCUT2D eigenvalue weighted by molar-refractivity contribution is 6.10. The van der Waals surface area contributed by atoms with Gasteiger partial charge in [0.05, 0.1) is 6.61 Å². The van der Waals surface area contributed by atoms with Crippen molar-refractivity contribution >= 4 is 17.7 Å². The highest BCUT2D eigenvalue weighted by Crippen LogP contribution is 2.36. The van der Waals surface area contributed by atoms with Gasteiger partial charge in [-0.2, -0.15) is 5.26 Å². The number of nitrogens with zero attached hydrogens (tertiary/aromatic N) is 1. The van der Waals surface area contributed by atoms with Crippen molar-refractivity contribution in [2.24, 2.45) is 0 Å². The highest BCUT2D eigenvalue weighted by atomic mass is 16.5. The summed E-state index contributed by atoms with van der Waals surface area (Å²) in [6.45, 7) is 10.3. The predicted molar refractivity (Wildman–Crippen MR) is 114 cm³/mol. The SMILES string of the molecule is CCOc1cc2c(cc1/C=C(\C#N)C(=O)Nc1c(C)cc(C)cc1C)O[C@H](C)C2. The fourth-order valence-electron chi connectivity index (χ4n) is 3.71. The molecule has 1 N–H and O–H groups in total. The van der Waals surface area contributed by atoms with E-state index in [2.05, 4.69) is 5.32 Å². The fourth-order valence-corrected chi connectivity index (χ4v) is 3.71. The summed E-state index contributed by atoms with van der Waals surface area (Å²) in [5.41, 5.74) is 5.53. The first-order valence-electron chi connectivity index (χ1n) is 9.79. The van der Waals surface area contributed by atoms with Gasteiger partial charge in [-0.25, -0.2) is 0 Å². The third-order valence-corrected chi connectivity index (χ3v) is 4.91. The molecular weight excluding hydrogens is 364 g/mol. The van der Waals surface area contributed by atoms with Crippen molar-refractivity contribution in [2.45, 2.75) is 47.1 Å². The monoisotopic (exact) mass is 390 g/mol. The molecule has 0 fully saturated rings. The summed E-state index contributed by atoms with van der Waals surface area (Å²) in [5, 5.41) is 12.5. The zero-order valence-corrected chi connectivity index (χ0v) is 17.6. The molecule has 0 bridgehead atoms. The lowest BCUT2D eigenvalue weighted by Gasteiger charge is -2.13. The zero-order chi connectivity index (χ0) is 21.1. The first-order valence-corrected chi connectivity index (χ1v) is 9.79. The molecular formula is C24H26N2O3. The number of ether oxygens (including phenoxy) is 2. The van der Waals surface area contributed by atoms with Crippen molar-refractivity contribution in [3.63, 3.8) is 0 Å². The van der Waals surface area contributed by atoms with E-state index in [4.69, 9.17) is 9.47 Å². The second-order valence-electron chi connectivity index (χ2n) is 7.46. The molecule has 1 heterocycles. The molecule has 1 aliphatic rings. The summed E-state index contributed by atoms with van der Waals surface area (Å²) < 4.78 is 11.6. The number of aryl methyl sites for hydroxylation is 3. The van der Waals surface area contributed by atoms with Gasteiger partial charge in [-0.05, 0) is 64.0 Å². The molecule has 0 saturated carbocycles. The summed E-state index contributed by atoms with van der Waals surface area (Å²) in [7, 11) is 0. The van der Waals surface area contributed by atoms with Crippen LogP contribution in [0.15, 0.2) is 29.8 Å². The average molecular weight is 390 g/mol. The molecule has 3 rings (SSSR count). The number of carbonyl (C=O) groups is 1. The van der Waals surface area contributed by atoms with E-state index in [-0.39, 0.29) is 11.7 Å². The Morgan fingerprint density at radius 1 is 1.28 bits per heavy atom. The number of benzene rings is 2. The molecule has 5 nitrogen and oxygen atoms in total. The van der Waals surface area contributed by atoms with Crippen LogP contribution in [0.25, 0.3) is 6.08 Å². The Morgan fingerprint density at radius 3 is 2.59 bits per heavy atom. The smallest absolute Gasteiger partial charge is 0.266 e. The lowest BCUT2D eigenvalue weighted by molar-refractivity contribution is -0.112. The Hall–Kier alpha value is -3.26. The van der Waals surface area contributed by atoms with Crippen molar-refractivity contribution in [1.82, 2.24) is 0 Å². The van der Waals surface area contributed by atoms with Gasteiger partial charge in [0.1, 0.15) is 29.2 Å². The van der Waals surface area contributed by atoms with E-state index < -0.39 is 5.91 Å². The summed E-state index contributed by atoms with van der Waals surface area (Å²) in [6, 6.07) is 9.81. The Balaban J connectivity index is 1.95. The van der Waals surface area contributed by atoms with Gasteiger partial charge in [0.25, 0.3) is 5.91 Å². The van der Waals surface area contributed by atoms with Gasteiger partial charge in [-0.1, -0.05) is 17.7 Å². The number of amides is 1. The topological polar surface area (TPSA) is 71.3 Å². The molecule has 2 aromatic rings. The van der Waals surface area contributed by atoms with Crippen molar-refractivity contribution in [1.29, 1.82) is 5.26 Å². The first-order chi connectivity index (χ1) is 13.8. The second kappa shape index (κ2) is 8.40. The number of anilines is 1. The Kier molecular flexibility index (Phi) is 5.93. The Morgan fingerprint density at radius 2 is 1.97 bits per heavy atom. The zero-order valence-electron chi connectivity index (χ0n) is 17.6. The standard InChI is InChI=1S/C24H26N2O3/c1-6-28-21-11-18-9-17(5)29-22(18)12-19(21)10-20(13-25)24(27)26-23-15(3)7-14(2)8-16(23)4/h7-8,10-12,17H,6,9H2,1-5H3,(H,26,27)/b20-10+/t17-/m1/s1. The van der Waals surface area contributed by atoms with E-state index >= 15 is 0 Å². The van der Waals surface area contributed by atoms with E-state index in [0.717, 1.165) is 40.1 Å². The Bertz CT molecular complexity index is 1010. The molecule has 5 heteroatoms. The molecule has 0 spiro atoms. The molecule has 0 radical (unpaired) electrons. The van der Waals surface area contributed by atoms with Crippen LogP contribution >= 0.6 is 0 Å². The van der Waals surface area contributed by atoms with Crippen molar-refractivity contribution in [3.8, 4) is 17.6 Å². The largest absolute Gasteiger partial charge is 0.493 e. The van der Waals surface area contributed by atoms with Gasteiger partial charge in [-0.3, -0.25) is 4.79 Å². The molecule has 1 amide bonds. The van der Waals surface area contributed by atoms with Crippen LogP contribution in [0.1, 0.15) is 41.7 Å². The maximum atomic E-state index is 12.8. The first kappa shape index (κ1) is 20.5. The number of nitriles is 1. The number of nitrogens with one attached hydrogen (secondary N) is 1. The van der Waals surface area contributed by atoms with Gasteiger partial charge >= 0.3 is 0 Å². The van der Waals surface area contributed by atoms with Crippen molar-refractivity contribution < 1.29 is 14.3 Å². The summed E-state index contributed by atoms with van der Waals surface area (Å²) in [4.78, 5) is 12.8. The van der Waals surface area contributed by atoms with E-state index in [9.17, 15) is 10.1 Å². The van der Waals surface area contributed by atoms with E-state index in [1.807, 2.05) is 65.0 Å². The number of carbonyl (C=O) groups excluding carboxylic acids is 1. The molecule has 2 aromatic carbocycles. The summed E-state index contributed by atoms with van der Waals surface area (Å²) in [5.74, 6) is 0.974. The van der Waals surface area contributed by atoms with Gasteiger partial charge in [0.2, 0.25) is 0 Å². The number of rotatable bonds is 5. The van der Waals surface area contributed by atoms with Crippen LogP contribution in [0.3, 0.4) is 0 Å². The van der Waals surface area contributed by atoms with E-state index in [0.29, 0.717) is 17.9 Å². The lowest BCUT2D eigenvalue weighted by atomic mass is 10.0. The Labute approximate surface area is 172 Å². The maximum Gasteiger partial charge on any atom is 0.266 e. The number of hydrogen-bond acceptors (Lipinski definition) is 4. The van der Waals surface area contributed by atoms with Crippen LogP contribution in [-0.2, 0) is 11.2 Å².